The molecular weight excluding hydrogens is 406 g/mol. The zero-order valence-electron chi connectivity index (χ0n) is 17.2. The molecule has 1 aromatic heterocycles. The fourth-order valence-corrected chi connectivity index (χ4v) is 3.07. The molecule has 32 heavy (non-hydrogen) atoms. The topological polar surface area (TPSA) is 102 Å². The van der Waals surface area contributed by atoms with Gasteiger partial charge in [0.25, 0.3) is 5.69 Å². The highest BCUT2D eigenvalue weighted by atomic mass is 16.6. The van der Waals surface area contributed by atoms with Gasteiger partial charge in [0.2, 0.25) is 0 Å². The van der Waals surface area contributed by atoms with E-state index in [1.165, 1.54) is 18.3 Å². The molecule has 0 aliphatic heterocycles. The number of hydrogen-bond acceptors (Lipinski definition) is 6. The average molecular weight is 425 g/mol. The number of non-ortho nitro benzene ring substituents is 1. The van der Waals surface area contributed by atoms with Crippen molar-refractivity contribution in [2.75, 3.05) is 7.11 Å². The van der Waals surface area contributed by atoms with Crippen LogP contribution in [0.3, 0.4) is 0 Å². The van der Waals surface area contributed by atoms with E-state index < -0.39 is 4.92 Å². The molecule has 0 atom stereocenters. The van der Waals surface area contributed by atoms with Crippen LogP contribution >= 0.6 is 0 Å². The Hall–Kier alpha value is -4.59. The molecule has 8 nitrogen and oxygen atoms in total. The lowest BCUT2D eigenvalue weighted by Gasteiger charge is -2.09. The van der Waals surface area contributed by atoms with Crippen molar-refractivity contribution in [2.24, 2.45) is 10.1 Å². The molecule has 158 valence electrons. The normalized spacial score (nSPS) is 11.6. The van der Waals surface area contributed by atoms with E-state index >= 15 is 0 Å². The highest BCUT2D eigenvalue weighted by Crippen LogP contribution is 2.27. The Balaban J connectivity index is 1.71. The number of hydrogen-bond donors (Lipinski definition) is 1. The monoisotopic (exact) mass is 425 g/mol. The predicted octanol–water partition coefficient (Wildman–Crippen LogP) is 4.85. The van der Waals surface area contributed by atoms with Crippen LogP contribution in [0.5, 0.6) is 5.75 Å². The minimum absolute atomic E-state index is 0.00643. The molecule has 0 spiro atoms. The lowest BCUT2D eigenvalue weighted by atomic mass is 10.2. The van der Waals surface area contributed by atoms with Gasteiger partial charge in [-0.25, -0.2) is 9.98 Å². The second-order valence-electron chi connectivity index (χ2n) is 6.74. The number of pyridine rings is 1. The second-order valence-corrected chi connectivity index (χ2v) is 6.74. The van der Waals surface area contributed by atoms with Gasteiger partial charge in [0, 0.05) is 23.1 Å². The van der Waals surface area contributed by atoms with Gasteiger partial charge in [-0.1, -0.05) is 48.5 Å². The van der Waals surface area contributed by atoms with E-state index in [0.29, 0.717) is 28.5 Å². The molecule has 0 unspecified atom stereocenters. The molecule has 0 saturated carbocycles. The summed E-state index contributed by atoms with van der Waals surface area (Å²) in [6.07, 6.45) is 1.49. The van der Waals surface area contributed by atoms with Gasteiger partial charge < -0.3 is 4.74 Å². The number of aliphatic imine (C=N–C) groups is 1. The lowest BCUT2D eigenvalue weighted by molar-refractivity contribution is -0.384. The maximum absolute atomic E-state index is 11.0. The summed E-state index contributed by atoms with van der Waals surface area (Å²) in [6, 6.07) is 25.2. The van der Waals surface area contributed by atoms with Gasteiger partial charge in [-0.05, 0) is 24.3 Å². The van der Waals surface area contributed by atoms with Gasteiger partial charge in [0.1, 0.15) is 17.1 Å². The minimum Gasteiger partial charge on any atom is -0.494 e. The number of nitro benzene ring substituents is 1. The van der Waals surface area contributed by atoms with Crippen molar-refractivity contribution >= 4 is 34.3 Å². The number of methoxy groups -OCH3 is 1. The second kappa shape index (κ2) is 9.48. The van der Waals surface area contributed by atoms with E-state index in [1.807, 2.05) is 60.7 Å². The van der Waals surface area contributed by atoms with E-state index in [9.17, 15) is 10.1 Å². The number of aromatic nitrogens is 1. The first-order valence-electron chi connectivity index (χ1n) is 9.75. The van der Waals surface area contributed by atoms with Crippen molar-refractivity contribution in [3.8, 4) is 5.75 Å². The number of rotatable bonds is 6. The van der Waals surface area contributed by atoms with E-state index in [4.69, 9.17) is 9.72 Å². The Kier molecular flexibility index (Phi) is 6.12. The van der Waals surface area contributed by atoms with Crippen molar-refractivity contribution < 1.29 is 9.66 Å². The number of amidine groups is 1. The molecular formula is C24H19N5O3. The maximum Gasteiger partial charge on any atom is 0.270 e. The summed E-state index contributed by atoms with van der Waals surface area (Å²) in [6.45, 7) is 0. The standard InChI is InChI=1S/C24H19N5O3/c1-32-23-12-5-4-11-21(23)27-24(22-14-13-18-8-2-3-10-20(18)26-22)28-25-16-17-7-6-9-19(15-17)29(30)31/h2-16H,1H3,(H,27,28). The molecule has 1 heterocycles. The zero-order valence-corrected chi connectivity index (χ0v) is 17.2. The first-order valence-corrected chi connectivity index (χ1v) is 9.75. The third kappa shape index (κ3) is 4.76. The fraction of sp³-hybridized carbons (Fsp3) is 0.0417. The number of nitrogens with one attached hydrogen (secondary N) is 1. The first-order chi connectivity index (χ1) is 15.6. The first kappa shape index (κ1) is 20.7. The minimum atomic E-state index is -0.446. The van der Waals surface area contributed by atoms with Gasteiger partial charge in [-0.2, -0.15) is 5.10 Å². The largest absolute Gasteiger partial charge is 0.494 e. The SMILES string of the molecule is COc1ccccc1N=C(NN=Cc1cccc([N+](=O)[O-])c1)c1ccc2ccccc2n1. The average Bonchev–Trinajstić information content (AvgIpc) is 2.83. The van der Waals surface area contributed by atoms with Crippen molar-refractivity contribution in [1.82, 2.24) is 10.4 Å². The summed E-state index contributed by atoms with van der Waals surface area (Å²) < 4.78 is 5.40. The summed E-state index contributed by atoms with van der Waals surface area (Å²) in [5, 5.41) is 16.2. The van der Waals surface area contributed by atoms with E-state index in [0.717, 1.165) is 10.9 Å². The molecule has 0 amide bonds. The Morgan fingerprint density at radius 1 is 1.03 bits per heavy atom. The summed E-state index contributed by atoms with van der Waals surface area (Å²) in [7, 11) is 1.58. The van der Waals surface area contributed by atoms with E-state index in [1.54, 1.807) is 19.2 Å². The van der Waals surface area contributed by atoms with Crippen LogP contribution < -0.4 is 10.2 Å². The molecule has 3 aromatic carbocycles. The Morgan fingerprint density at radius 3 is 2.69 bits per heavy atom. The molecule has 0 aliphatic rings. The van der Waals surface area contributed by atoms with Gasteiger partial charge in [-0.15, -0.1) is 0 Å². The van der Waals surface area contributed by atoms with Gasteiger partial charge in [-0.3, -0.25) is 15.5 Å². The highest BCUT2D eigenvalue weighted by molar-refractivity contribution is 6.01. The molecule has 0 radical (unpaired) electrons. The third-order valence-corrected chi connectivity index (χ3v) is 4.62. The van der Waals surface area contributed by atoms with Crippen LogP contribution in [0.4, 0.5) is 11.4 Å². The maximum atomic E-state index is 11.0. The van der Waals surface area contributed by atoms with Crippen LogP contribution in [0.2, 0.25) is 0 Å². The third-order valence-electron chi connectivity index (χ3n) is 4.62. The van der Waals surface area contributed by atoms with Crippen LogP contribution in [0.25, 0.3) is 10.9 Å². The predicted molar refractivity (Wildman–Crippen MR) is 125 cm³/mol. The molecule has 0 bridgehead atoms. The molecule has 0 fully saturated rings. The summed E-state index contributed by atoms with van der Waals surface area (Å²) in [5.74, 6) is 1.01. The summed E-state index contributed by atoms with van der Waals surface area (Å²) in [5.41, 5.74) is 5.52. The quantitative estimate of drug-likeness (QED) is 0.206. The van der Waals surface area contributed by atoms with Gasteiger partial charge in [0.05, 0.1) is 23.8 Å². The number of nitrogens with zero attached hydrogens (tertiary/aromatic N) is 4. The molecule has 8 heteroatoms. The number of fused-ring (bicyclic) bond motifs is 1. The van der Waals surface area contributed by atoms with Crippen LogP contribution in [0, 0.1) is 10.1 Å². The molecule has 0 aliphatic carbocycles. The number of para-hydroxylation sites is 3. The van der Waals surface area contributed by atoms with Crippen LogP contribution in [0.15, 0.2) is 95.0 Å². The highest BCUT2D eigenvalue weighted by Gasteiger charge is 2.09. The smallest absolute Gasteiger partial charge is 0.270 e. The van der Waals surface area contributed by atoms with Crippen LogP contribution in [-0.4, -0.2) is 29.1 Å². The Bertz CT molecular complexity index is 1330. The fourth-order valence-electron chi connectivity index (χ4n) is 3.07. The van der Waals surface area contributed by atoms with Gasteiger partial charge in [0.15, 0.2) is 5.84 Å². The zero-order chi connectivity index (χ0) is 22.3. The van der Waals surface area contributed by atoms with Crippen molar-refractivity contribution in [2.45, 2.75) is 0 Å². The molecule has 0 saturated heterocycles. The van der Waals surface area contributed by atoms with Crippen molar-refractivity contribution in [1.29, 1.82) is 0 Å². The number of ether oxygens (including phenoxy) is 1. The lowest BCUT2D eigenvalue weighted by Crippen LogP contribution is -2.20. The van der Waals surface area contributed by atoms with Crippen LogP contribution in [-0.2, 0) is 0 Å². The number of hydrazone groups is 1. The summed E-state index contributed by atoms with van der Waals surface area (Å²) in [4.78, 5) is 19.9. The van der Waals surface area contributed by atoms with E-state index in [2.05, 4.69) is 15.5 Å². The van der Waals surface area contributed by atoms with E-state index in [-0.39, 0.29) is 5.69 Å². The Morgan fingerprint density at radius 2 is 1.84 bits per heavy atom. The van der Waals surface area contributed by atoms with Crippen molar-refractivity contribution in [3.63, 3.8) is 0 Å². The molecule has 1 N–H and O–H groups in total. The van der Waals surface area contributed by atoms with Gasteiger partial charge >= 0.3 is 0 Å². The van der Waals surface area contributed by atoms with Crippen molar-refractivity contribution in [3.05, 3.63) is 106 Å². The number of benzene rings is 3. The molecule has 4 rings (SSSR count). The number of nitro groups is 1. The summed E-state index contributed by atoms with van der Waals surface area (Å²) >= 11 is 0. The van der Waals surface area contributed by atoms with Crippen LogP contribution in [0.1, 0.15) is 11.3 Å². The molecule has 4 aromatic rings. The Labute approximate surface area is 184 Å².